The molecule has 3 atom stereocenters. The van der Waals surface area contributed by atoms with Crippen LogP contribution in [0.3, 0.4) is 0 Å². The number of aliphatic hydroxyl groups is 2. The fourth-order valence-electron chi connectivity index (χ4n) is 4.14. The number of benzene rings is 1. The van der Waals surface area contributed by atoms with E-state index < -0.39 is 6.10 Å². The lowest BCUT2D eigenvalue weighted by atomic mass is 9.82. The molecule has 1 saturated heterocycles. The Kier molecular flexibility index (Phi) is 5.40. The van der Waals surface area contributed by atoms with Crippen molar-refractivity contribution in [2.24, 2.45) is 5.92 Å². The van der Waals surface area contributed by atoms with Gasteiger partial charge in [-0.25, -0.2) is 0 Å². The van der Waals surface area contributed by atoms with E-state index >= 15 is 0 Å². The summed E-state index contributed by atoms with van der Waals surface area (Å²) in [5.41, 5.74) is 0.896. The fraction of sp³-hybridized carbons (Fsp3) is 0.667. The van der Waals surface area contributed by atoms with Crippen molar-refractivity contribution in [1.82, 2.24) is 4.90 Å². The molecule has 0 bridgehead atoms. The van der Waals surface area contributed by atoms with Gasteiger partial charge in [0.15, 0.2) is 0 Å². The van der Waals surface area contributed by atoms with Gasteiger partial charge in [0.2, 0.25) is 0 Å². The van der Waals surface area contributed by atoms with Crippen LogP contribution in [0.25, 0.3) is 0 Å². The predicted molar refractivity (Wildman–Crippen MR) is 89.0 cm³/mol. The maximum Gasteiger partial charge on any atom is 0.0917 e. The molecule has 1 aliphatic carbocycles. The van der Waals surface area contributed by atoms with Crippen LogP contribution in [0.15, 0.2) is 24.3 Å². The number of β-amino-alcohol motifs (C(OH)–C–C–N with tert-alkyl or cyclic N) is 2. The topological polar surface area (TPSA) is 43.7 Å². The van der Waals surface area contributed by atoms with Crippen molar-refractivity contribution in [3.8, 4) is 0 Å². The van der Waals surface area contributed by atoms with Crippen LogP contribution in [0.2, 0.25) is 5.02 Å². The molecule has 1 aliphatic heterocycles. The zero-order chi connectivity index (χ0) is 15.5. The van der Waals surface area contributed by atoms with E-state index in [9.17, 15) is 10.2 Å². The van der Waals surface area contributed by atoms with Gasteiger partial charge in [0.05, 0.1) is 12.2 Å². The van der Waals surface area contributed by atoms with Gasteiger partial charge in [0, 0.05) is 24.2 Å². The molecule has 1 saturated carbocycles. The summed E-state index contributed by atoms with van der Waals surface area (Å²) in [5.74, 6) is 0.684. The van der Waals surface area contributed by atoms with Crippen molar-refractivity contribution >= 4 is 11.6 Å². The minimum absolute atomic E-state index is 0.246. The standard InChI is InChI=1S/C18H26ClNO2/c19-15-8-6-14(7-9-15)18(22)12-20-11-16(21)10-17(20)13-4-2-1-3-5-13/h6-9,13,16-18,21-22H,1-5,10-12H2/t16-,17+,18-/m0/s1. The summed E-state index contributed by atoms with van der Waals surface area (Å²) in [7, 11) is 0. The van der Waals surface area contributed by atoms with E-state index in [0.29, 0.717) is 30.1 Å². The third-order valence-electron chi connectivity index (χ3n) is 5.28. The zero-order valence-corrected chi connectivity index (χ0v) is 13.8. The first-order valence-electron chi connectivity index (χ1n) is 8.49. The van der Waals surface area contributed by atoms with E-state index in [0.717, 1.165) is 12.0 Å². The van der Waals surface area contributed by atoms with Crippen LogP contribution in [0, 0.1) is 5.92 Å². The smallest absolute Gasteiger partial charge is 0.0917 e. The molecule has 122 valence electrons. The summed E-state index contributed by atoms with van der Waals surface area (Å²) in [6.45, 7) is 1.28. The first-order valence-corrected chi connectivity index (χ1v) is 8.87. The number of aliphatic hydroxyl groups excluding tert-OH is 2. The average molecular weight is 324 g/mol. The molecule has 2 aliphatic rings. The Hall–Kier alpha value is -0.610. The minimum Gasteiger partial charge on any atom is -0.392 e. The Labute approximate surface area is 137 Å². The van der Waals surface area contributed by atoms with Gasteiger partial charge < -0.3 is 10.2 Å². The van der Waals surface area contributed by atoms with E-state index in [1.165, 1.54) is 32.1 Å². The predicted octanol–water partition coefficient (Wildman–Crippen LogP) is 3.39. The second-order valence-corrected chi connectivity index (χ2v) is 7.31. The van der Waals surface area contributed by atoms with Gasteiger partial charge in [-0.15, -0.1) is 0 Å². The molecule has 0 amide bonds. The summed E-state index contributed by atoms with van der Waals surface area (Å²) in [4.78, 5) is 2.31. The molecule has 22 heavy (non-hydrogen) atoms. The summed E-state index contributed by atoms with van der Waals surface area (Å²) >= 11 is 5.91. The number of hydrogen-bond acceptors (Lipinski definition) is 3. The summed E-state index contributed by atoms with van der Waals surface area (Å²) in [5, 5.41) is 21.3. The maximum atomic E-state index is 10.5. The number of hydrogen-bond donors (Lipinski definition) is 2. The van der Waals surface area contributed by atoms with Gasteiger partial charge in [-0.05, 0) is 42.9 Å². The van der Waals surface area contributed by atoms with Gasteiger partial charge in [-0.3, -0.25) is 4.90 Å². The van der Waals surface area contributed by atoms with Gasteiger partial charge in [0.1, 0.15) is 0 Å². The molecule has 3 rings (SSSR count). The summed E-state index contributed by atoms with van der Waals surface area (Å²) in [6, 6.07) is 7.83. The molecular formula is C18H26ClNO2. The summed E-state index contributed by atoms with van der Waals surface area (Å²) in [6.07, 6.45) is 6.60. The van der Waals surface area contributed by atoms with Crippen LogP contribution in [-0.4, -0.2) is 40.3 Å². The SMILES string of the molecule is O[C@H]1C[C@H](C2CCCCC2)N(C[C@H](O)c2ccc(Cl)cc2)C1. The first-order chi connectivity index (χ1) is 10.6. The quantitative estimate of drug-likeness (QED) is 0.892. The van der Waals surface area contributed by atoms with Crippen LogP contribution < -0.4 is 0 Å². The van der Waals surface area contributed by atoms with Crippen LogP contribution in [0.4, 0.5) is 0 Å². The Morgan fingerprint density at radius 1 is 1.14 bits per heavy atom. The van der Waals surface area contributed by atoms with Crippen molar-refractivity contribution < 1.29 is 10.2 Å². The molecule has 1 aromatic carbocycles. The molecule has 2 N–H and O–H groups in total. The van der Waals surface area contributed by atoms with Crippen molar-refractivity contribution in [3.63, 3.8) is 0 Å². The lowest BCUT2D eigenvalue weighted by Crippen LogP contribution is -2.39. The lowest BCUT2D eigenvalue weighted by Gasteiger charge is -2.34. The largest absolute Gasteiger partial charge is 0.392 e. The number of nitrogens with zero attached hydrogens (tertiary/aromatic N) is 1. The molecular weight excluding hydrogens is 298 g/mol. The number of halogens is 1. The Morgan fingerprint density at radius 3 is 2.50 bits per heavy atom. The fourth-order valence-corrected chi connectivity index (χ4v) is 4.27. The highest BCUT2D eigenvalue weighted by Crippen LogP contribution is 2.35. The number of rotatable bonds is 4. The van der Waals surface area contributed by atoms with Crippen molar-refractivity contribution in [3.05, 3.63) is 34.9 Å². The lowest BCUT2D eigenvalue weighted by molar-refractivity contribution is 0.0773. The molecule has 1 aromatic rings. The van der Waals surface area contributed by atoms with E-state index in [1.807, 2.05) is 24.3 Å². The number of likely N-dealkylation sites (tertiary alicyclic amines) is 1. The highest BCUT2D eigenvalue weighted by molar-refractivity contribution is 6.30. The monoisotopic (exact) mass is 323 g/mol. The first kappa shape index (κ1) is 16.3. The Bertz CT molecular complexity index is 472. The minimum atomic E-state index is -0.520. The van der Waals surface area contributed by atoms with Crippen LogP contribution in [0.5, 0.6) is 0 Å². The molecule has 3 nitrogen and oxygen atoms in total. The third-order valence-corrected chi connectivity index (χ3v) is 5.54. The van der Waals surface area contributed by atoms with Gasteiger partial charge in [-0.1, -0.05) is 43.0 Å². The normalized spacial score (nSPS) is 28.9. The Morgan fingerprint density at radius 2 is 1.82 bits per heavy atom. The van der Waals surface area contributed by atoms with Crippen LogP contribution in [-0.2, 0) is 0 Å². The molecule has 0 spiro atoms. The van der Waals surface area contributed by atoms with Crippen molar-refractivity contribution in [2.45, 2.75) is 56.8 Å². The van der Waals surface area contributed by atoms with E-state index in [2.05, 4.69) is 4.90 Å². The van der Waals surface area contributed by atoms with Crippen LogP contribution in [0.1, 0.15) is 50.2 Å². The molecule has 4 heteroatoms. The molecule has 1 heterocycles. The average Bonchev–Trinajstić information content (AvgIpc) is 2.89. The highest BCUT2D eigenvalue weighted by Gasteiger charge is 2.37. The second kappa shape index (κ2) is 7.31. The van der Waals surface area contributed by atoms with Gasteiger partial charge >= 0.3 is 0 Å². The van der Waals surface area contributed by atoms with E-state index in [-0.39, 0.29) is 6.10 Å². The van der Waals surface area contributed by atoms with Crippen molar-refractivity contribution in [2.75, 3.05) is 13.1 Å². The van der Waals surface area contributed by atoms with E-state index in [1.54, 1.807) is 0 Å². The van der Waals surface area contributed by atoms with Gasteiger partial charge in [0.25, 0.3) is 0 Å². The molecule has 0 aromatic heterocycles. The van der Waals surface area contributed by atoms with Crippen molar-refractivity contribution in [1.29, 1.82) is 0 Å². The maximum absolute atomic E-state index is 10.5. The second-order valence-electron chi connectivity index (χ2n) is 6.88. The molecule has 0 unspecified atom stereocenters. The zero-order valence-electron chi connectivity index (χ0n) is 13.0. The van der Waals surface area contributed by atoms with Crippen LogP contribution >= 0.6 is 11.6 Å². The van der Waals surface area contributed by atoms with E-state index in [4.69, 9.17) is 11.6 Å². The molecule has 0 radical (unpaired) electrons. The van der Waals surface area contributed by atoms with Gasteiger partial charge in [-0.2, -0.15) is 0 Å². The molecule has 2 fully saturated rings. The summed E-state index contributed by atoms with van der Waals surface area (Å²) < 4.78 is 0. The third kappa shape index (κ3) is 3.83. The highest BCUT2D eigenvalue weighted by atomic mass is 35.5. The Balaban J connectivity index is 1.65.